The summed E-state index contributed by atoms with van der Waals surface area (Å²) >= 11 is 0. The third-order valence-electron chi connectivity index (χ3n) is 3.39. The van der Waals surface area contributed by atoms with Crippen LogP contribution in [0.15, 0.2) is 30.5 Å². The zero-order valence-corrected chi connectivity index (χ0v) is 12.7. The van der Waals surface area contributed by atoms with Gasteiger partial charge in [-0.3, -0.25) is 0 Å². The van der Waals surface area contributed by atoms with Crippen LogP contribution in [0.4, 0.5) is 4.79 Å². The van der Waals surface area contributed by atoms with Crippen molar-refractivity contribution in [3.8, 4) is 5.75 Å². The van der Waals surface area contributed by atoms with Crippen molar-refractivity contribution in [2.24, 2.45) is 7.05 Å². The van der Waals surface area contributed by atoms with Gasteiger partial charge in [0, 0.05) is 49.9 Å². The molecule has 6 nitrogen and oxygen atoms in total. The predicted octanol–water partition coefficient (Wildman–Crippen LogP) is 2.73. The Morgan fingerprint density at radius 1 is 1.41 bits per heavy atom. The summed E-state index contributed by atoms with van der Waals surface area (Å²) in [7, 11) is 3.52. The zero-order valence-electron chi connectivity index (χ0n) is 12.7. The minimum atomic E-state index is -0.995. The first kappa shape index (κ1) is 15.6. The summed E-state index contributed by atoms with van der Waals surface area (Å²) in [6.45, 7) is 2.43. The molecule has 0 spiro atoms. The van der Waals surface area contributed by atoms with Crippen LogP contribution >= 0.6 is 0 Å². The highest BCUT2D eigenvalue weighted by atomic mass is 16.6. The van der Waals surface area contributed by atoms with Gasteiger partial charge in [0.15, 0.2) is 0 Å². The highest BCUT2D eigenvalue weighted by Gasteiger charge is 2.11. The quantitative estimate of drug-likeness (QED) is 0.881. The van der Waals surface area contributed by atoms with Gasteiger partial charge < -0.3 is 19.3 Å². The van der Waals surface area contributed by atoms with E-state index in [0.717, 1.165) is 22.5 Å². The minimum absolute atomic E-state index is 0.415. The van der Waals surface area contributed by atoms with Gasteiger partial charge in [-0.05, 0) is 25.1 Å². The molecule has 0 unspecified atom stereocenters. The number of carboxylic acid groups (broad SMARTS) is 1. The Kier molecular flexibility index (Phi) is 4.50. The summed E-state index contributed by atoms with van der Waals surface area (Å²) in [5, 5.41) is 9.61. The summed E-state index contributed by atoms with van der Waals surface area (Å²) in [6.07, 6.45) is 4.05. The molecule has 1 heterocycles. The van der Waals surface area contributed by atoms with Crippen molar-refractivity contribution in [3.63, 3.8) is 0 Å². The second kappa shape index (κ2) is 6.34. The zero-order chi connectivity index (χ0) is 16.3. The summed E-state index contributed by atoms with van der Waals surface area (Å²) < 4.78 is 7.16. The topological polar surface area (TPSA) is 71.8 Å². The average Bonchev–Trinajstić information content (AvgIpc) is 2.80. The Hall–Kier alpha value is -2.76. The Balaban J connectivity index is 2.34. The van der Waals surface area contributed by atoms with Crippen LogP contribution in [0.5, 0.6) is 5.75 Å². The third kappa shape index (κ3) is 3.28. The van der Waals surface area contributed by atoms with Crippen molar-refractivity contribution in [1.82, 2.24) is 9.47 Å². The number of carboxylic acids is 1. The highest BCUT2D eigenvalue weighted by Crippen LogP contribution is 2.26. The minimum Gasteiger partial charge on any atom is -0.478 e. The molecule has 2 aromatic rings. The molecule has 0 aliphatic carbocycles. The summed E-state index contributed by atoms with van der Waals surface area (Å²) in [5.74, 6) is -0.544. The number of ether oxygens (including phenoxy) is 1. The number of amides is 1. The van der Waals surface area contributed by atoms with E-state index in [2.05, 4.69) is 0 Å². The van der Waals surface area contributed by atoms with Crippen molar-refractivity contribution in [1.29, 1.82) is 0 Å². The summed E-state index contributed by atoms with van der Waals surface area (Å²) in [4.78, 5) is 23.9. The van der Waals surface area contributed by atoms with Gasteiger partial charge in [-0.25, -0.2) is 9.59 Å². The van der Waals surface area contributed by atoms with Gasteiger partial charge in [-0.2, -0.15) is 0 Å². The molecule has 116 valence electrons. The van der Waals surface area contributed by atoms with E-state index >= 15 is 0 Å². The first-order chi connectivity index (χ1) is 10.4. The molecular formula is C16H18N2O4. The molecule has 0 saturated heterocycles. The number of carbonyl (C=O) groups is 2. The standard InChI is InChI=1S/C16H18N2O4/c1-4-17(2)16(21)22-12-6-7-13-11(5-8-15(19)20)10-18(3)14(13)9-12/h5-10H,4H2,1-3H3,(H,19,20)/b8-5+. The number of fused-ring (bicyclic) bond motifs is 1. The lowest BCUT2D eigenvalue weighted by molar-refractivity contribution is -0.131. The van der Waals surface area contributed by atoms with Crippen LogP contribution in [0.3, 0.4) is 0 Å². The van der Waals surface area contributed by atoms with Gasteiger partial charge in [-0.1, -0.05) is 0 Å². The molecule has 1 N–H and O–H groups in total. The van der Waals surface area contributed by atoms with Gasteiger partial charge in [0.05, 0.1) is 5.52 Å². The van der Waals surface area contributed by atoms with Crippen molar-refractivity contribution in [3.05, 3.63) is 36.0 Å². The highest BCUT2D eigenvalue weighted by molar-refractivity contribution is 5.94. The number of hydrogen-bond donors (Lipinski definition) is 1. The molecular weight excluding hydrogens is 284 g/mol. The van der Waals surface area contributed by atoms with E-state index < -0.39 is 12.1 Å². The molecule has 1 aromatic heterocycles. The fourth-order valence-electron chi connectivity index (χ4n) is 2.06. The third-order valence-corrected chi connectivity index (χ3v) is 3.39. The second-order valence-electron chi connectivity index (χ2n) is 4.93. The maximum absolute atomic E-state index is 11.8. The van der Waals surface area contributed by atoms with Crippen LogP contribution in [-0.4, -0.2) is 40.2 Å². The number of rotatable bonds is 4. The number of hydrogen-bond acceptors (Lipinski definition) is 3. The molecule has 6 heteroatoms. The van der Waals surface area contributed by atoms with Gasteiger partial charge in [0.25, 0.3) is 0 Å². The van der Waals surface area contributed by atoms with E-state index in [0.29, 0.717) is 12.3 Å². The van der Waals surface area contributed by atoms with Crippen LogP contribution in [0, 0.1) is 0 Å². The molecule has 0 aliphatic heterocycles. The lowest BCUT2D eigenvalue weighted by atomic mass is 10.1. The van der Waals surface area contributed by atoms with Crippen molar-refractivity contribution in [2.75, 3.05) is 13.6 Å². The van der Waals surface area contributed by atoms with Gasteiger partial charge in [0.1, 0.15) is 5.75 Å². The Bertz CT molecular complexity index is 746. The average molecular weight is 302 g/mol. The van der Waals surface area contributed by atoms with E-state index in [4.69, 9.17) is 9.84 Å². The maximum atomic E-state index is 11.8. The molecule has 0 bridgehead atoms. The van der Waals surface area contributed by atoms with E-state index in [1.54, 1.807) is 25.3 Å². The molecule has 1 aromatic carbocycles. The smallest absolute Gasteiger partial charge is 0.414 e. The van der Waals surface area contributed by atoms with Gasteiger partial charge in [-0.15, -0.1) is 0 Å². The van der Waals surface area contributed by atoms with E-state index in [9.17, 15) is 9.59 Å². The number of benzene rings is 1. The number of carbonyl (C=O) groups excluding carboxylic acids is 1. The normalized spacial score (nSPS) is 11.0. The summed E-state index contributed by atoms with van der Waals surface area (Å²) in [6, 6.07) is 5.27. The van der Waals surface area contributed by atoms with Crippen molar-refractivity contribution in [2.45, 2.75) is 6.92 Å². The largest absolute Gasteiger partial charge is 0.478 e. The molecule has 2 rings (SSSR count). The monoisotopic (exact) mass is 302 g/mol. The number of aliphatic carboxylic acids is 1. The molecule has 1 amide bonds. The van der Waals surface area contributed by atoms with Crippen LogP contribution < -0.4 is 4.74 Å². The first-order valence-electron chi connectivity index (χ1n) is 6.85. The molecule has 0 radical (unpaired) electrons. The van der Waals surface area contributed by atoms with Crippen molar-refractivity contribution < 1.29 is 19.4 Å². The lowest BCUT2D eigenvalue weighted by Crippen LogP contribution is -2.29. The number of aryl methyl sites for hydroxylation is 1. The van der Waals surface area contributed by atoms with Crippen molar-refractivity contribution >= 4 is 29.0 Å². The molecule has 0 saturated carbocycles. The van der Waals surface area contributed by atoms with Crippen LogP contribution in [0.1, 0.15) is 12.5 Å². The van der Waals surface area contributed by atoms with Gasteiger partial charge >= 0.3 is 12.1 Å². The Morgan fingerprint density at radius 2 is 2.14 bits per heavy atom. The van der Waals surface area contributed by atoms with Crippen LogP contribution in [0.25, 0.3) is 17.0 Å². The lowest BCUT2D eigenvalue weighted by Gasteiger charge is -2.14. The van der Waals surface area contributed by atoms with Crippen LogP contribution in [-0.2, 0) is 11.8 Å². The molecule has 22 heavy (non-hydrogen) atoms. The Labute approximate surface area is 128 Å². The van der Waals surface area contributed by atoms with E-state index in [1.807, 2.05) is 30.8 Å². The molecule has 0 aliphatic rings. The maximum Gasteiger partial charge on any atom is 0.414 e. The number of aromatic nitrogens is 1. The SMILES string of the molecule is CCN(C)C(=O)Oc1ccc2c(/C=C/C(=O)O)cn(C)c2c1. The van der Waals surface area contributed by atoms with Crippen LogP contribution in [0.2, 0.25) is 0 Å². The molecule has 0 fully saturated rings. The Morgan fingerprint density at radius 3 is 2.77 bits per heavy atom. The first-order valence-corrected chi connectivity index (χ1v) is 6.85. The molecule has 0 atom stereocenters. The number of nitrogens with zero attached hydrogens (tertiary/aromatic N) is 2. The fraction of sp³-hybridized carbons (Fsp3) is 0.250. The van der Waals surface area contributed by atoms with E-state index in [-0.39, 0.29) is 0 Å². The second-order valence-corrected chi connectivity index (χ2v) is 4.93. The summed E-state index contributed by atoms with van der Waals surface area (Å²) in [5.41, 5.74) is 1.65. The fourth-order valence-corrected chi connectivity index (χ4v) is 2.06. The van der Waals surface area contributed by atoms with Gasteiger partial charge in [0.2, 0.25) is 0 Å². The van der Waals surface area contributed by atoms with E-state index in [1.165, 1.54) is 4.90 Å². The predicted molar refractivity (Wildman–Crippen MR) is 83.9 cm³/mol.